The van der Waals surface area contributed by atoms with Gasteiger partial charge in [-0.1, -0.05) is 29.8 Å². The Kier molecular flexibility index (Phi) is 8.45. The molecule has 0 bridgehead atoms. The van der Waals surface area contributed by atoms with Crippen LogP contribution in [0.3, 0.4) is 0 Å². The van der Waals surface area contributed by atoms with Gasteiger partial charge in [0.2, 0.25) is 0 Å². The third-order valence-electron chi connectivity index (χ3n) is 5.39. The van der Waals surface area contributed by atoms with Gasteiger partial charge in [0.1, 0.15) is 12.2 Å². The molecule has 1 aliphatic heterocycles. The Balaban J connectivity index is 1.66. The lowest BCUT2D eigenvalue weighted by atomic mass is 10.1. The predicted molar refractivity (Wildman–Crippen MR) is 151 cm³/mol. The topological polar surface area (TPSA) is 105 Å². The number of halogens is 2. The molecule has 0 spiro atoms. The van der Waals surface area contributed by atoms with Crippen molar-refractivity contribution in [2.45, 2.75) is 13.5 Å². The average Bonchev–Trinajstić information content (AvgIpc) is 2.87. The van der Waals surface area contributed by atoms with E-state index in [1.165, 1.54) is 30.3 Å². The van der Waals surface area contributed by atoms with Gasteiger partial charge in [0.25, 0.3) is 11.8 Å². The Bertz CT molecular complexity index is 1470. The number of anilines is 1. The Morgan fingerprint density at radius 2 is 1.87 bits per heavy atom. The van der Waals surface area contributed by atoms with Gasteiger partial charge in [-0.15, -0.1) is 0 Å². The van der Waals surface area contributed by atoms with E-state index >= 15 is 0 Å². The number of carboxylic acids is 1. The highest BCUT2D eigenvalue weighted by atomic mass is 79.9. The fraction of sp³-hybridized carbons (Fsp3) is 0.111. The van der Waals surface area contributed by atoms with Crippen molar-refractivity contribution in [2.24, 2.45) is 0 Å². The predicted octanol–water partition coefficient (Wildman–Crippen LogP) is 5.61. The standard InChI is InChI=1S/C27H20BrClN2O6S/c1-2-36-22-12-16(11-21(28)23(22)37-14-15-6-8-18(29)9-7-15)10-20-24(32)30-27(38)31(25(20)33)19-5-3-4-17(13-19)26(34)35/h3-13H,2,14H2,1H3,(H,34,35)(H,30,32,38). The molecule has 0 aliphatic carbocycles. The van der Waals surface area contributed by atoms with Crippen LogP contribution >= 0.6 is 39.7 Å². The number of benzene rings is 3. The Morgan fingerprint density at radius 1 is 1.13 bits per heavy atom. The molecule has 1 aliphatic rings. The summed E-state index contributed by atoms with van der Waals surface area (Å²) in [4.78, 5) is 38.6. The second-order valence-electron chi connectivity index (χ2n) is 7.99. The van der Waals surface area contributed by atoms with E-state index in [-0.39, 0.29) is 28.5 Å². The van der Waals surface area contributed by atoms with Crippen molar-refractivity contribution >= 4 is 74.4 Å². The van der Waals surface area contributed by atoms with Crippen molar-refractivity contribution in [3.05, 3.63) is 92.4 Å². The number of rotatable bonds is 8. The van der Waals surface area contributed by atoms with E-state index in [9.17, 15) is 19.5 Å². The van der Waals surface area contributed by atoms with Gasteiger partial charge in [-0.25, -0.2) is 4.79 Å². The van der Waals surface area contributed by atoms with Crippen LogP contribution in [-0.2, 0) is 16.2 Å². The number of nitrogens with one attached hydrogen (secondary N) is 1. The van der Waals surface area contributed by atoms with Crippen molar-refractivity contribution < 1.29 is 29.0 Å². The molecular weight excluding hydrogens is 596 g/mol. The number of carbonyl (C=O) groups is 3. The molecule has 38 heavy (non-hydrogen) atoms. The van der Waals surface area contributed by atoms with Gasteiger partial charge >= 0.3 is 5.97 Å². The van der Waals surface area contributed by atoms with Crippen LogP contribution in [0.4, 0.5) is 5.69 Å². The van der Waals surface area contributed by atoms with Gasteiger partial charge in [-0.2, -0.15) is 0 Å². The fourth-order valence-electron chi connectivity index (χ4n) is 3.65. The van der Waals surface area contributed by atoms with Crippen molar-refractivity contribution in [2.75, 3.05) is 11.5 Å². The minimum absolute atomic E-state index is 0.0278. The first-order chi connectivity index (χ1) is 18.2. The monoisotopic (exact) mass is 614 g/mol. The molecule has 1 saturated heterocycles. The van der Waals surface area contributed by atoms with Gasteiger partial charge in [-0.05, 0) is 94.7 Å². The zero-order valence-corrected chi connectivity index (χ0v) is 23.0. The van der Waals surface area contributed by atoms with Crippen molar-refractivity contribution in [1.82, 2.24) is 5.32 Å². The van der Waals surface area contributed by atoms with E-state index in [0.717, 1.165) is 10.5 Å². The summed E-state index contributed by atoms with van der Waals surface area (Å²) in [5.74, 6) is -1.67. The molecule has 194 valence electrons. The summed E-state index contributed by atoms with van der Waals surface area (Å²) in [6, 6.07) is 16.3. The molecule has 2 amide bonds. The minimum atomic E-state index is -1.16. The Hall–Kier alpha value is -3.73. The SMILES string of the molecule is CCOc1cc(C=C2C(=O)NC(=S)N(c3cccc(C(=O)O)c3)C2=O)cc(Br)c1OCc1ccc(Cl)cc1. The summed E-state index contributed by atoms with van der Waals surface area (Å²) in [5.41, 5.74) is 1.39. The molecule has 1 heterocycles. The van der Waals surface area contributed by atoms with E-state index in [2.05, 4.69) is 21.2 Å². The van der Waals surface area contributed by atoms with E-state index in [1.54, 1.807) is 24.3 Å². The van der Waals surface area contributed by atoms with Crippen LogP contribution in [-0.4, -0.2) is 34.6 Å². The van der Waals surface area contributed by atoms with E-state index in [4.69, 9.17) is 33.3 Å². The van der Waals surface area contributed by atoms with Crippen LogP contribution in [0.5, 0.6) is 11.5 Å². The number of ether oxygens (including phenoxy) is 2. The fourth-order valence-corrected chi connectivity index (χ4v) is 4.63. The van der Waals surface area contributed by atoms with Gasteiger partial charge < -0.3 is 14.6 Å². The Labute approximate surface area is 236 Å². The van der Waals surface area contributed by atoms with Crippen LogP contribution < -0.4 is 19.7 Å². The van der Waals surface area contributed by atoms with Crippen molar-refractivity contribution in [1.29, 1.82) is 0 Å². The lowest BCUT2D eigenvalue weighted by Gasteiger charge is -2.29. The number of hydrogen-bond donors (Lipinski definition) is 2. The van der Waals surface area contributed by atoms with Gasteiger partial charge in [-0.3, -0.25) is 19.8 Å². The normalized spacial score (nSPS) is 14.4. The zero-order valence-electron chi connectivity index (χ0n) is 19.9. The molecule has 0 unspecified atom stereocenters. The molecule has 1 fully saturated rings. The highest BCUT2D eigenvalue weighted by Crippen LogP contribution is 2.38. The lowest BCUT2D eigenvalue weighted by molar-refractivity contribution is -0.122. The average molecular weight is 616 g/mol. The van der Waals surface area contributed by atoms with Gasteiger partial charge in [0, 0.05) is 5.02 Å². The molecule has 11 heteroatoms. The number of nitrogens with zero attached hydrogens (tertiary/aromatic N) is 1. The van der Waals surface area contributed by atoms with Crippen LogP contribution in [0.25, 0.3) is 6.08 Å². The van der Waals surface area contributed by atoms with E-state index < -0.39 is 17.8 Å². The maximum Gasteiger partial charge on any atom is 0.335 e. The first-order valence-corrected chi connectivity index (χ1v) is 12.8. The van der Waals surface area contributed by atoms with Crippen molar-refractivity contribution in [3.8, 4) is 11.5 Å². The first kappa shape index (κ1) is 27.3. The summed E-state index contributed by atoms with van der Waals surface area (Å²) in [6.07, 6.45) is 1.41. The maximum absolute atomic E-state index is 13.4. The molecule has 4 rings (SSSR count). The summed E-state index contributed by atoms with van der Waals surface area (Å²) in [7, 11) is 0. The number of amides is 2. The second kappa shape index (κ2) is 11.8. The third-order valence-corrected chi connectivity index (χ3v) is 6.52. The molecular formula is C27H20BrClN2O6S. The van der Waals surface area contributed by atoms with E-state index in [1.807, 2.05) is 19.1 Å². The molecule has 0 radical (unpaired) electrons. The number of carboxylic acid groups (broad SMARTS) is 1. The number of hydrogen-bond acceptors (Lipinski definition) is 6. The van der Waals surface area contributed by atoms with Crippen LogP contribution in [0.1, 0.15) is 28.4 Å². The largest absolute Gasteiger partial charge is 0.490 e. The summed E-state index contributed by atoms with van der Waals surface area (Å²) < 4.78 is 12.3. The summed E-state index contributed by atoms with van der Waals surface area (Å²) >= 11 is 14.7. The Morgan fingerprint density at radius 3 is 2.55 bits per heavy atom. The molecule has 3 aromatic rings. The highest BCUT2D eigenvalue weighted by molar-refractivity contribution is 9.10. The van der Waals surface area contributed by atoms with Crippen LogP contribution in [0.2, 0.25) is 5.02 Å². The van der Waals surface area contributed by atoms with E-state index in [0.29, 0.717) is 33.2 Å². The summed E-state index contributed by atoms with van der Waals surface area (Å²) in [5, 5.41) is 12.3. The van der Waals surface area contributed by atoms with Crippen LogP contribution in [0, 0.1) is 0 Å². The smallest absolute Gasteiger partial charge is 0.335 e. The molecule has 0 atom stereocenters. The number of aromatic carboxylic acids is 1. The third kappa shape index (κ3) is 6.04. The quantitative estimate of drug-likeness (QED) is 0.193. The highest BCUT2D eigenvalue weighted by Gasteiger charge is 2.35. The van der Waals surface area contributed by atoms with Crippen molar-refractivity contribution in [3.63, 3.8) is 0 Å². The molecule has 0 saturated carbocycles. The van der Waals surface area contributed by atoms with Crippen LogP contribution in [0.15, 0.2) is 70.7 Å². The molecule has 2 N–H and O–H groups in total. The number of thiocarbonyl (C=S) groups is 1. The zero-order chi connectivity index (χ0) is 27.4. The first-order valence-electron chi connectivity index (χ1n) is 11.3. The van der Waals surface area contributed by atoms with Gasteiger partial charge in [0.05, 0.1) is 22.3 Å². The molecule has 3 aromatic carbocycles. The number of carbonyl (C=O) groups excluding carboxylic acids is 2. The molecule has 8 nitrogen and oxygen atoms in total. The summed E-state index contributed by atoms with van der Waals surface area (Å²) in [6.45, 7) is 2.44. The minimum Gasteiger partial charge on any atom is -0.490 e. The molecule has 0 aromatic heterocycles. The second-order valence-corrected chi connectivity index (χ2v) is 9.67. The lowest BCUT2D eigenvalue weighted by Crippen LogP contribution is -2.54. The van der Waals surface area contributed by atoms with Gasteiger partial charge in [0.15, 0.2) is 16.6 Å². The maximum atomic E-state index is 13.4.